The number of hydrogen-bond donors (Lipinski definition) is 0. The van der Waals surface area contributed by atoms with E-state index >= 15 is 0 Å². The fraction of sp³-hybridized carbons (Fsp3) is 0.400. The number of carbonyl (C=O) groups excluding carboxylic acids is 1. The molecule has 1 fully saturated rings. The average Bonchev–Trinajstić information content (AvgIpc) is 3.25. The quantitative estimate of drug-likeness (QED) is 0.583. The number of benzene rings is 1. The number of aryl methyl sites for hydroxylation is 1. The maximum atomic E-state index is 13.4. The molecule has 8 heteroatoms. The molecule has 1 atom stereocenters. The van der Waals surface area contributed by atoms with Crippen molar-refractivity contribution in [2.75, 3.05) is 18.0 Å². The molecule has 2 aliphatic heterocycles. The molecule has 5 rings (SSSR count). The van der Waals surface area contributed by atoms with Crippen molar-refractivity contribution in [3.05, 3.63) is 75.2 Å². The third-order valence-electron chi connectivity index (χ3n) is 6.66. The molecule has 172 valence electrons. The summed E-state index contributed by atoms with van der Waals surface area (Å²) in [4.78, 5) is 35.0. The van der Waals surface area contributed by atoms with Crippen LogP contribution in [-0.4, -0.2) is 44.1 Å². The van der Waals surface area contributed by atoms with E-state index < -0.39 is 0 Å². The Kier molecular flexibility index (Phi) is 5.74. The van der Waals surface area contributed by atoms with Crippen LogP contribution < -0.4 is 10.5 Å². The van der Waals surface area contributed by atoms with E-state index in [1.807, 2.05) is 37.1 Å². The van der Waals surface area contributed by atoms with Crippen LogP contribution >= 0.6 is 11.6 Å². The molecule has 1 aromatic carbocycles. The largest absolute Gasteiger partial charge is 0.370 e. The van der Waals surface area contributed by atoms with Crippen LogP contribution in [0.3, 0.4) is 0 Å². The number of imidazole rings is 1. The van der Waals surface area contributed by atoms with E-state index in [1.165, 1.54) is 19.3 Å². The third kappa shape index (κ3) is 4.06. The molecule has 3 aromatic rings. The van der Waals surface area contributed by atoms with Gasteiger partial charge in [0.15, 0.2) is 0 Å². The van der Waals surface area contributed by atoms with Gasteiger partial charge in [-0.3, -0.25) is 9.59 Å². The minimum Gasteiger partial charge on any atom is -0.370 e. The van der Waals surface area contributed by atoms with Gasteiger partial charge in [-0.15, -0.1) is 0 Å². The Balaban J connectivity index is 1.42. The highest BCUT2D eigenvalue weighted by molar-refractivity contribution is 6.33. The van der Waals surface area contributed by atoms with E-state index in [9.17, 15) is 9.59 Å². The van der Waals surface area contributed by atoms with Crippen molar-refractivity contribution in [1.82, 2.24) is 19.0 Å². The molecule has 33 heavy (non-hydrogen) atoms. The Hall–Kier alpha value is -3.06. The predicted molar refractivity (Wildman–Crippen MR) is 129 cm³/mol. The zero-order chi connectivity index (χ0) is 23.1. The van der Waals surface area contributed by atoms with Crippen molar-refractivity contribution in [1.29, 1.82) is 0 Å². The topological polar surface area (TPSA) is 63.4 Å². The Bertz CT molecular complexity index is 1260. The Morgan fingerprint density at radius 2 is 1.85 bits per heavy atom. The average molecular weight is 466 g/mol. The first kappa shape index (κ1) is 21.8. The monoisotopic (exact) mass is 465 g/mol. The highest BCUT2D eigenvalue weighted by atomic mass is 35.5. The van der Waals surface area contributed by atoms with Gasteiger partial charge in [-0.05, 0) is 62.9 Å². The van der Waals surface area contributed by atoms with Crippen molar-refractivity contribution in [3.63, 3.8) is 0 Å². The molecule has 2 aliphatic rings. The van der Waals surface area contributed by atoms with Crippen molar-refractivity contribution in [3.8, 4) is 5.69 Å². The molecule has 0 radical (unpaired) electrons. The van der Waals surface area contributed by atoms with Gasteiger partial charge in [-0.1, -0.05) is 17.7 Å². The minimum atomic E-state index is -0.177. The maximum absolute atomic E-state index is 13.4. The minimum absolute atomic E-state index is 0.114. The van der Waals surface area contributed by atoms with Crippen LogP contribution in [0.2, 0.25) is 5.02 Å². The first-order valence-corrected chi connectivity index (χ1v) is 11.9. The SMILES string of the molecule is Cc1cn(-c2ccc3n(c2=O)C[C@@H](C)N(Cc2ccc(Cl)c(N4CCCCC4)c2)C3=O)cn1. The lowest BCUT2D eigenvalue weighted by Crippen LogP contribution is -2.49. The van der Waals surface area contributed by atoms with E-state index in [1.54, 1.807) is 27.6 Å². The summed E-state index contributed by atoms with van der Waals surface area (Å²) in [6, 6.07) is 9.36. The van der Waals surface area contributed by atoms with Gasteiger partial charge in [0.1, 0.15) is 11.4 Å². The number of piperidine rings is 1. The second kappa shape index (κ2) is 8.71. The lowest BCUT2D eigenvalue weighted by Gasteiger charge is -2.36. The molecule has 1 saturated heterocycles. The number of carbonyl (C=O) groups is 1. The summed E-state index contributed by atoms with van der Waals surface area (Å²) < 4.78 is 3.30. The predicted octanol–water partition coefficient (Wildman–Crippen LogP) is 4.03. The fourth-order valence-electron chi connectivity index (χ4n) is 4.85. The summed E-state index contributed by atoms with van der Waals surface area (Å²) in [5.74, 6) is -0.131. The highest BCUT2D eigenvalue weighted by Gasteiger charge is 2.31. The molecule has 0 saturated carbocycles. The fourth-order valence-corrected chi connectivity index (χ4v) is 5.09. The summed E-state index contributed by atoms with van der Waals surface area (Å²) >= 11 is 6.51. The summed E-state index contributed by atoms with van der Waals surface area (Å²) in [6.07, 6.45) is 7.04. The lowest BCUT2D eigenvalue weighted by atomic mass is 10.1. The second-order valence-electron chi connectivity index (χ2n) is 9.06. The normalized spacial score (nSPS) is 18.5. The first-order chi connectivity index (χ1) is 15.9. The molecule has 0 unspecified atom stereocenters. The molecular formula is C25H28ClN5O2. The number of anilines is 1. The van der Waals surface area contributed by atoms with Gasteiger partial charge in [-0.2, -0.15) is 0 Å². The van der Waals surface area contributed by atoms with Crippen LogP contribution in [0.15, 0.2) is 47.7 Å². The standard InChI is InChI=1S/C25H28ClN5O2/c1-17-13-29(16-27-17)21-8-9-22-25(33)30(18(2)14-31(22)24(21)32)15-19-6-7-20(26)23(12-19)28-10-4-3-5-11-28/h6-9,12-13,16,18H,3-5,10-11,14-15H2,1-2H3/t18-/m1/s1. The summed E-state index contributed by atoms with van der Waals surface area (Å²) in [7, 11) is 0. The van der Waals surface area contributed by atoms with E-state index in [4.69, 9.17) is 11.6 Å². The number of pyridine rings is 1. The van der Waals surface area contributed by atoms with E-state index in [-0.39, 0.29) is 17.5 Å². The lowest BCUT2D eigenvalue weighted by molar-refractivity contribution is 0.0590. The molecular weight excluding hydrogens is 438 g/mol. The van der Waals surface area contributed by atoms with Crippen LogP contribution in [0.25, 0.3) is 5.69 Å². The molecule has 0 N–H and O–H groups in total. The number of amides is 1. The van der Waals surface area contributed by atoms with Crippen LogP contribution in [0.4, 0.5) is 5.69 Å². The van der Waals surface area contributed by atoms with Gasteiger partial charge in [0.05, 0.1) is 22.7 Å². The number of rotatable bonds is 4. The molecule has 1 amide bonds. The van der Waals surface area contributed by atoms with Crippen LogP contribution in [0.1, 0.15) is 47.9 Å². The smallest absolute Gasteiger partial charge is 0.275 e. The van der Waals surface area contributed by atoms with Crippen molar-refractivity contribution < 1.29 is 4.79 Å². The molecule has 4 heterocycles. The Morgan fingerprint density at radius 1 is 1.06 bits per heavy atom. The number of hydrogen-bond acceptors (Lipinski definition) is 4. The molecule has 7 nitrogen and oxygen atoms in total. The molecule has 0 aliphatic carbocycles. The Morgan fingerprint density at radius 3 is 2.58 bits per heavy atom. The Labute approximate surface area is 198 Å². The number of nitrogens with zero attached hydrogens (tertiary/aromatic N) is 5. The number of aromatic nitrogens is 3. The molecule has 2 aromatic heterocycles. The first-order valence-electron chi connectivity index (χ1n) is 11.5. The van der Waals surface area contributed by atoms with E-state index in [0.29, 0.717) is 24.5 Å². The van der Waals surface area contributed by atoms with E-state index in [0.717, 1.165) is 35.1 Å². The number of fused-ring (bicyclic) bond motifs is 1. The van der Waals surface area contributed by atoms with Gasteiger partial charge in [-0.25, -0.2) is 4.98 Å². The molecule has 0 spiro atoms. The van der Waals surface area contributed by atoms with Gasteiger partial charge >= 0.3 is 0 Å². The second-order valence-corrected chi connectivity index (χ2v) is 9.46. The zero-order valence-electron chi connectivity index (χ0n) is 19.0. The van der Waals surface area contributed by atoms with Crippen LogP contribution in [0, 0.1) is 6.92 Å². The van der Waals surface area contributed by atoms with Gasteiger partial charge in [0.25, 0.3) is 11.5 Å². The van der Waals surface area contributed by atoms with Crippen molar-refractivity contribution in [2.24, 2.45) is 0 Å². The highest BCUT2D eigenvalue weighted by Crippen LogP contribution is 2.30. The molecule has 0 bridgehead atoms. The van der Waals surface area contributed by atoms with Gasteiger partial charge in [0.2, 0.25) is 0 Å². The number of halogens is 1. The third-order valence-corrected chi connectivity index (χ3v) is 6.98. The van der Waals surface area contributed by atoms with Gasteiger partial charge in [0, 0.05) is 38.4 Å². The zero-order valence-corrected chi connectivity index (χ0v) is 19.8. The summed E-state index contributed by atoms with van der Waals surface area (Å²) in [5, 5.41) is 0.748. The van der Waals surface area contributed by atoms with Gasteiger partial charge < -0.3 is 18.9 Å². The van der Waals surface area contributed by atoms with Crippen LogP contribution in [0.5, 0.6) is 0 Å². The van der Waals surface area contributed by atoms with E-state index in [2.05, 4.69) is 16.0 Å². The summed E-state index contributed by atoms with van der Waals surface area (Å²) in [5.41, 5.74) is 3.66. The van der Waals surface area contributed by atoms with Crippen molar-refractivity contribution >= 4 is 23.2 Å². The van der Waals surface area contributed by atoms with Crippen LogP contribution in [-0.2, 0) is 13.1 Å². The summed E-state index contributed by atoms with van der Waals surface area (Å²) in [6.45, 7) is 6.82. The van der Waals surface area contributed by atoms with Crippen molar-refractivity contribution in [2.45, 2.75) is 52.2 Å². The maximum Gasteiger partial charge on any atom is 0.275 e.